The summed E-state index contributed by atoms with van der Waals surface area (Å²) in [5.74, 6) is 0. The summed E-state index contributed by atoms with van der Waals surface area (Å²) in [5, 5.41) is 5.60. The van der Waals surface area contributed by atoms with E-state index < -0.39 is 0 Å². The zero-order valence-corrected chi connectivity index (χ0v) is 9.77. The fraction of sp³-hybridized carbons (Fsp3) is 0.636. The van der Waals surface area contributed by atoms with Crippen LogP contribution in [0.1, 0.15) is 31.2 Å². The van der Waals surface area contributed by atoms with E-state index in [1.54, 1.807) is 0 Å². The molecule has 1 unspecified atom stereocenters. The molecule has 0 spiro atoms. The molecule has 1 aromatic rings. The molecule has 80 valence electrons. The van der Waals surface area contributed by atoms with Crippen LogP contribution >= 0.6 is 11.3 Å². The molecule has 1 atom stereocenters. The molecule has 3 heteroatoms. The fourth-order valence-electron chi connectivity index (χ4n) is 1.43. The number of thiophene rings is 1. The predicted octanol–water partition coefficient (Wildman–Crippen LogP) is 2.83. The maximum absolute atomic E-state index is 5.37. The Hall–Kier alpha value is -0.380. The first kappa shape index (κ1) is 11.7. The molecule has 0 aliphatic carbocycles. The summed E-state index contributed by atoms with van der Waals surface area (Å²) < 4.78 is 5.37. The van der Waals surface area contributed by atoms with Crippen LogP contribution in [0, 0.1) is 0 Å². The predicted molar refractivity (Wildman–Crippen MR) is 61.8 cm³/mol. The van der Waals surface area contributed by atoms with Crippen LogP contribution in [0.2, 0.25) is 0 Å². The molecular formula is C11H19NOS. The zero-order valence-electron chi connectivity index (χ0n) is 8.95. The van der Waals surface area contributed by atoms with Gasteiger partial charge in [-0.05, 0) is 31.3 Å². The Bertz CT molecular complexity index is 223. The van der Waals surface area contributed by atoms with Gasteiger partial charge in [-0.3, -0.25) is 0 Å². The lowest BCUT2D eigenvalue weighted by Crippen LogP contribution is -2.21. The normalized spacial score (nSPS) is 13.0. The van der Waals surface area contributed by atoms with Crippen molar-refractivity contribution in [2.75, 3.05) is 19.8 Å². The summed E-state index contributed by atoms with van der Waals surface area (Å²) in [4.78, 5) is 1.41. The number of rotatable bonds is 7. The van der Waals surface area contributed by atoms with Gasteiger partial charge in [0.1, 0.15) is 0 Å². The molecule has 0 radical (unpaired) electrons. The van der Waals surface area contributed by atoms with Crippen molar-refractivity contribution in [2.24, 2.45) is 0 Å². The Morgan fingerprint density at radius 1 is 1.50 bits per heavy atom. The molecule has 2 nitrogen and oxygen atoms in total. The maximum Gasteiger partial charge on any atom is 0.0484 e. The van der Waals surface area contributed by atoms with Crippen molar-refractivity contribution in [3.05, 3.63) is 22.4 Å². The molecule has 0 fully saturated rings. The average molecular weight is 213 g/mol. The SMILES string of the molecule is CCNC(CCOCC)c1cccs1. The third kappa shape index (κ3) is 3.78. The second-order valence-corrected chi connectivity index (χ2v) is 4.09. The van der Waals surface area contributed by atoms with Gasteiger partial charge in [-0.25, -0.2) is 0 Å². The van der Waals surface area contributed by atoms with E-state index in [1.807, 2.05) is 18.3 Å². The summed E-state index contributed by atoms with van der Waals surface area (Å²) in [5.41, 5.74) is 0. The molecule has 1 aromatic heterocycles. The van der Waals surface area contributed by atoms with Crippen LogP contribution in [0.3, 0.4) is 0 Å². The Morgan fingerprint density at radius 3 is 2.93 bits per heavy atom. The monoisotopic (exact) mass is 213 g/mol. The first-order chi connectivity index (χ1) is 6.88. The molecule has 1 rings (SSSR count). The fourth-order valence-corrected chi connectivity index (χ4v) is 2.26. The highest BCUT2D eigenvalue weighted by atomic mass is 32.1. The van der Waals surface area contributed by atoms with E-state index in [2.05, 4.69) is 29.8 Å². The second-order valence-electron chi connectivity index (χ2n) is 3.11. The molecule has 0 aromatic carbocycles. The van der Waals surface area contributed by atoms with Crippen LogP contribution in [0.15, 0.2) is 17.5 Å². The number of nitrogens with one attached hydrogen (secondary N) is 1. The van der Waals surface area contributed by atoms with E-state index in [-0.39, 0.29) is 0 Å². The lowest BCUT2D eigenvalue weighted by atomic mass is 10.2. The van der Waals surface area contributed by atoms with Crippen molar-refractivity contribution in [2.45, 2.75) is 26.3 Å². The van der Waals surface area contributed by atoms with E-state index in [1.165, 1.54) is 4.88 Å². The summed E-state index contributed by atoms with van der Waals surface area (Å²) in [7, 11) is 0. The van der Waals surface area contributed by atoms with Gasteiger partial charge >= 0.3 is 0 Å². The minimum atomic E-state index is 0.464. The molecule has 0 aliphatic rings. The smallest absolute Gasteiger partial charge is 0.0484 e. The molecule has 0 aliphatic heterocycles. The van der Waals surface area contributed by atoms with Gasteiger partial charge in [0.2, 0.25) is 0 Å². The lowest BCUT2D eigenvalue weighted by Gasteiger charge is -2.15. The molecule has 1 N–H and O–H groups in total. The van der Waals surface area contributed by atoms with Crippen molar-refractivity contribution >= 4 is 11.3 Å². The van der Waals surface area contributed by atoms with Crippen LogP contribution in [-0.4, -0.2) is 19.8 Å². The van der Waals surface area contributed by atoms with E-state index in [9.17, 15) is 0 Å². The average Bonchev–Trinajstić information content (AvgIpc) is 2.70. The highest BCUT2D eigenvalue weighted by Gasteiger charge is 2.10. The van der Waals surface area contributed by atoms with Crippen LogP contribution < -0.4 is 5.32 Å². The van der Waals surface area contributed by atoms with E-state index in [0.717, 1.165) is 26.2 Å². The van der Waals surface area contributed by atoms with Gasteiger partial charge in [0.05, 0.1) is 0 Å². The molecule has 14 heavy (non-hydrogen) atoms. The van der Waals surface area contributed by atoms with Crippen molar-refractivity contribution in [3.8, 4) is 0 Å². The van der Waals surface area contributed by atoms with Crippen LogP contribution in [0.5, 0.6) is 0 Å². The van der Waals surface area contributed by atoms with Crippen LogP contribution in [0.25, 0.3) is 0 Å². The van der Waals surface area contributed by atoms with Crippen LogP contribution in [0.4, 0.5) is 0 Å². The Kier molecular flexibility index (Phi) is 5.83. The summed E-state index contributed by atoms with van der Waals surface area (Å²) in [6.07, 6.45) is 1.06. The third-order valence-electron chi connectivity index (χ3n) is 2.09. The van der Waals surface area contributed by atoms with Crippen molar-refractivity contribution < 1.29 is 4.74 Å². The Morgan fingerprint density at radius 2 is 2.36 bits per heavy atom. The van der Waals surface area contributed by atoms with E-state index in [0.29, 0.717) is 6.04 Å². The summed E-state index contributed by atoms with van der Waals surface area (Å²) in [6, 6.07) is 4.75. The van der Waals surface area contributed by atoms with Crippen molar-refractivity contribution in [1.29, 1.82) is 0 Å². The number of ether oxygens (including phenoxy) is 1. The van der Waals surface area contributed by atoms with Gasteiger partial charge in [-0.2, -0.15) is 0 Å². The minimum Gasteiger partial charge on any atom is -0.382 e. The van der Waals surface area contributed by atoms with Gasteiger partial charge in [0.25, 0.3) is 0 Å². The molecule has 0 bridgehead atoms. The molecule has 0 saturated carbocycles. The minimum absolute atomic E-state index is 0.464. The zero-order chi connectivity index (χ0) is 10.2. The van der Waals surface area contributed by atoms with Gasteiger partial charge < -0.3 is 10.1 Å². The Balaban J connectivity index is 2.39. The van der Waals surface area contributed by atoms with Crippen molar-refractivity contribution in [1.82, 2.24) is 5.32 Å². The standard InChI is InChI=1S/C11H19NOS/c1-3-12-10(7-8-13-4-2)11-6-5-9-14-11/h5-6,9-10,12H,3-4,7-8H2,1-2H3. The summed E-state index contributed by atoms with van der Waals surface area (Å²) in [6.45, 7) is 6.83. The first-order valence-corrected chi connectivity index (χ1v) is 6.11. The van der Waals surface area contributed by atoms with E-state index in [4.69, 9.17) is 4.74 Å². The third-order valence-corrected chi connectivity index (χ3v) is 3.08. The number of hydrogen-bond donors (Lipinski definition) is 1. The van der Waals surface area contributed by atoms with E-state index >= 15 is 0 Å². The van der Waals surface area contributed by atoms with Gasteiger partial charge in [0, 0.05) is 24.1 Å². The van der Waals surface area contributed by atoms with Crippen LogP contribution in [-0.2, 0) is 4.74 Å². The number of hydrogen-bond acceptors (Lipinski definition) is 3. The Labute approximate surface area is 90.3 Å². The van der Waals surface area contributed by atoms with Gasteiger partial charge in [0.15, 0.2) is 0 Å². The maximum atomic E-state index is 5.37. The molecule has 0 saturated heterocycles. The molecular weight excluding hydrogens is 194 g/mol. The largest absolute Gasteiger partial charge is 0.382 e. The topological polar surface area (TPSA) is 21.3 Å². The highest BCUT2D eigenvalue weighted by Crippen LogP contribution is 2.21. The van der Waals surface area contributed by atoms with Crippen molar-refractivity contribution in [3.63, 3.8) is 0 Å². The first-order valence-electron chi connectivity index (χ1n) is 5.23. The summed E-state index contributed by atoms with van der Waals surface area (Å²) >= 11 is 1.81. The highest BCUT2D eigenvalue weighted by molar-refractivity contribution is 7.10. The molecule has 0 amide bonds. The second kappa shape index (κ2) is 6.98. The van der Waals surface area contributed by atoms with Gasteiger partial charge in [-0.1, -0.05) is 13.0 Å². The molecule has 1 heterocycles. The lowest BCUT2D eigenvalue weighted by molar-refractivity contribution is 0.137. The van der Waals surface area contributed by atoms with Gasteiger partial charge in [-0.15, -0.1) is 11.3 Å². The quantitative estimate of drug-likeness (QED) is 0.703.